The number of pyridine rings is 1. The fraction of sp³-hybridized carbons (Fsp3) is 0.429. The molecule has 0 N–H and O–H groups in total. The quantitative estimate of drug-likeness (QED) is 0.828. The molecule has 3 rings (SSSR count). The fourth-order valence-corrected chi connectivity index (χ4v) is 3.43. The van der Waals surface area contributed by atoms with E-state index >= 15 is 0 Å². The Morgan fingerprint density at radius 1 is 1.12 bits per heavy atom. The van der Waals surface area contributed by atoms with Gasteiger partial charge in [-0.05, 0) is 50.2 Å². The number of rotatable bonds is 5. The summed E-state index contributed by atoms with van der Waals surface area (Å²) in [6.07, 6.45) is 1.75. The second kappa shape index (κ2) is 8.32. The summed E-state index contributed by atoms with van der Waals surface area (Å²) in [5.74, 6) is -0.0489. The van der Waals surface area contributed by atoms with E-state index < -0.39 is 0 Å². The van der Waals surface area contributed by atoms with Crippen LogP contribution in [0.2, 0.25) is 0 Å². The van der Waals surface area contributed by atoms with Crippen LogP contribution in [0.1, 0.15) is 29.9 Å². The zero-order valence-corrected chi connectivity index (χ0v) is 16.0. The van der Waals surface area contributed by atoms with Gasteiger partial charge in [0.15, 0.2) is 0 Å². The Morgan fingerprint density at radius 2 is 1.88 bits per heavy atom. The second-order valence-electron chi connectivity index (χ2n) is 6.71. The number of nitrogens with zero attached hydrogens (tertiary/aromatic N) is 4. The van der Waals surface area contributed by atoms with Crippen molar-refractivity contribution < 1.29 is 4.79 Å². The van der Waals surface area contributed by atoms with Crippen LogP contribution in [0.15, 0.2) is 42.6 Å². The molecule has 138 valence electrons. The van der Waals surface area contributed by atoms with Gasteiger partial charge in [-0.3, -0.25) is 9.78 Å². The van der Waals surface area contributed by atoms with E-state index in [1.807, 2.05) is 50.2 Å². The molecule has 5 heteroatoms. The number of carbonyl (C=O) groups is 1. The van der Waals surface area contributed by atoms with Crippen molar-refractivity contribution in [2.75, 3.05) is 49.1 Å². The van der Waals surface area contributed by atoms with Crippen molar-refractivity contribution in [1.82, 2.24) is 9.88 Å². The van der Waals surface area contributed by atoms with Crippen molar-refractivity contribution in [2.24, 2.45) is 0 Å². The molecule has 0 spiro atoms. The summed E-state index contributed by atoms with van der Waals surface area (Å²) in [6.45, 7) is 12.0. The standard InChI is InChI=1S/C21H28N4O/c1-4-23-11-13-24(14-12-23)18-9-10-22-20(16-18)21(26)25(5-2)19-8-6-7-17(3)15-19/h6-10,15-16H,4-5,11-14H2,1-3H3. The topological polar surface area (TPSA) is 39.7 Å². The van der Waals surface area contributed by atoms with Crippen molar-refractivity contribution >= 4 is 17.3 Å². The number of likely N-dealkylation sites (N-methyl/N-ethyl adjacent to an activating group) is 1. The predicted molar refractivity (Wildman–Crippen MR) is 107 cm³/mol. The van der Waals surface area contributed by atoms with Gasteiger partial charge in [0, 0.05) is 50.3 Å². The highest BCUT2D eigenvalue weighted by Crippen LogP contribution is 2.21. The molecule has 0 unspecified atom stereocenters. The van der Waals surface area contributed by atoms with E-state index in [0.717, 1.165) is 49.7 Å². The molecular formula is C21H28N4O. The van der Waals surface area contributed by atoms with Crippen LogP contribution in [0, 0.1) is 6.92 Å². The molecule has 1 aromatic heterocycles. The van der Waals surface area contributed by atoms with Gasteiger partial charge in [-0.15, -0.1) is 0 Å². The van der Waals surface area contributed by atoms with Crippen LogP contribution in [0.4, 0.5) is 11.4 Å². The van der Waals surface area contributed by atoms with Crippen molar-refractivity contribution in [3.63, 3.8) is 0 Å². The van der Waals surface area contributed by atoms with Crippen LogP contribution in [-0.4, -0.2) is 55.1 Å². The Labute approximate surface area is 156 Å². The summed E-state index contributed by atoms with van der Waals surface area (Å²) in [6, 6.07) is 12.0. The minimum atomic E-state index is -0.0489. The van der Waals surface area contributed by atoms with Crippen LogP contribution in [0.5, 0.6) is 0 Å². The average molecular weight is 352 g/mol. The Morgan fingerprint density at radius 3 is 2.54 bits per heavy atom. The lowest BCUT2D eigenvalue weighted by atomic mass is 10.2. The van der Waals surface area contributed by atoms with Crippen LogP contribution in [0.25, 0.3) is 0 Å². The Bertz CT molecular complexity index is 753. The summed E-state index contributed by atoms with van der Waals surface area (Å²) >= 11 is 0. The third-order valence-corrected chi connectivity index (χ3v) is 5.02. The lowest BCUT2D eigenvalue weighted by Crippen LogP contribution is -2.46. The third kappa shape index (κ3) is 4.05. The molecule has 1 fully saturated rings. The molecule has 1 aliphatic heterocycles. The first-order valence-corrected chi connectivity index (χ1v) is 9.44. The molecule has 0 saturated carbocycles. The van der Waals surface area contributed by atoms with Gasteiger partial charge in [0.2, 0.25) is 0 Å². The average Bonchev–Trinajstić information content (AvgIpc) is 2.69. The van der Waals surface area contributed by atoms with E-state index in [-0.39, 0.29) is 5.91 Å². The van der Waals surface area contributed by atoms with E-state index in [9.17, 15) is 4.79 Å². The lowest BCUT2D eigenvalue weighted by Gasteiger charge is -2.35. The molecule has 1 amide bonds. The van der Waals surface area contributed by atoms with Crippen molar-refractivity contribution in [3.05, 3.63) is 53.9 Å². The molecule has 1 saturated heterocycles. The summed E-state index contributed by atoms with van der Waals surface area (Å²) in [5, 5.41) is 0. The Hall–Kier alpha value is -2.40. The molecule has 2 heterocycles. The number of benzene rings is 1. The van der Waals surface area contributed by atoms with Gasteiger partial charge in [0.1, 0.15) is 5.69 Å². The molecule has 1 aromatic carbocycles. The molecule has 5 nitrogen and oxygen atoms in total. The van der Waals surface area contributed by atoms with Gasteiger partial charge >= 0.3 is 0 Å². The van der Waals surface area contributed by atoms with Crippen LogP contribution < -0.4 is 9.80 Å². The number of anilines is 2. The van der Waals surface area contributed by atoms with Gasteiger partial charge in [-0.2, -0.15) is 0 Å². The summed E-state index contributed by atoms with van der Waals surface area (Å²) in [5.41, 5.74) is 3.65. The van der Waals surface area contributed by atoms with E-state index in [1.54, 1.807) is 11.1 Å². The molecule has 0 radical (unpaired) electrons. The van der Waals surface area contributed by atoms with E-state index in [0.29, 0.717) is 12.2 Å². The predicted octanol–water partition coefficient (Wildman–Crippen LogP) is 3.20. The van der Waals surface area contributed by atoms with Crippen molar-refractivity contribution in [1.29, 1.82) is 0 Å². The minimum Gasteiger partial charge on any atom is -0.369 e. The normalized spacial score (nSPS) is 15.1. The lowest BCUT2D eigenvalue weighted by molar-refractivity contribution is 0.0983. The first kappa shape index (κ1) is 18.4. The maximum Gasteiger partial charge on any atom is 0.276 e. The molecule has 0 bridgehead atoms. The Kier molecular flexibility index (Phi) is 5.89. The maximum absolute atomic E-state index is 13.1. The van der Waals surface area contributed by atoms with E-state index in [2.05, 4.69) is 21.7 Å². The second-order valence-corrected chi connectivity index (χ2v) is 6.71. The zero-order chi connectivity index (χ0) is 18.5. The molecule has 1 aliphatic rings. The fourth-order valence-electron chi connectivity index (χ4n) is 3.43. The first-order chi connectivity index (χ1) is 12.6. The highest BCUT2D eigenvalue weighted by atomic mass is 16.2. The van der Waals surface area contributed by atoms with Gasteiger partial charge in [0.25, 0.3) is 5.91 Å². The Balaban J connectivity index is 1.79. The molecular weight excluding hydrogens is 324 g/mol. The van der Waals surface area contributed by atoms with Gasteiger partial charge in [-0.1, -0.05) is 19.1 Å². The first-order valence-electron chi connectivity index (χ1n) is 9.44. The van der Waals surface area contributed by atoms with Crippen molar-refractivity contribution in [2.45, 2.75) is 20.8 Å². The number of aromatic nitrogens is 1. The zero-order valence-electron chi connectivity index (χ0n) is 16.0. The molecule has 26 heavy (non-hydrogen) atoms. The number of piperazine rings is 1. The number of hydrogen-bond acceptors (Lipinski definition) is 4. The number of aryl methyl sites for hydroxylation is 1. The van der Waals surface area contributed by atoms with Gasteiger partial charge in [0.05, 0.1) is 0 Å². The van der Waals surface area contributed by atoms with Crippen molar-refractivity contribution in [3.8, 4) is 0 Å². The third-order valence-electron chi connectivity index (χ3n) is 5.02. The van der Waals surface area contributed by atoms with E-state index in [1.165, 1.54) is 0 Å². The highest BCUT2D eigenvalue weighted by Gasteiger charge is 2.20. The van der Waals surface area contributed by atoms with Gasteiger partial charge < -0.3 is 14.7 Å². The summed E-state index contributed by atoms with van der Waals surface area (Å²) in [7, 11) is 0. The smallest absolute Gasteiger partial charge is 0.276 e. The number of carbonyl (C=O) groups excluding carboxylic acids is 1. The SMILES string of the molecule is CCN1CCN(c2ccnc(C(=O)N(CC)c3cccc(C)c3)c2)CC1. The number of hydrogen-bond donors (Lipinski definition) is 0. The molecule has 2 aromatic rings. The largest absolute Gasteiger partial charge is 0.369 e. The van der Waals surface area contributed by atoms with Gasteiger partial charge in [-0.25, -0.2) is 0 Å². The molecule has 0 aliphatic carbocycles. The van der Waals surface area contributed by atoms with Crippen LogP contribution >= 0.6 is 0 Å². The number of amides is 1. The highest BCUT2D eigenvalue weighted by molar-refractivity contribution is 6.05. The minimum absolute atomic E-state index is 0.0489. The monoisotopic (exact) mass is 352 g/mol. The molecule has 0 atom stereocenters. The van der Waals surface area contributed by atoms with E-state index in [4.69, 9.17) is 0 Å². The maximum atomic E-state index is 13.1. The summed E-state index contributed by atoms with van der Waals surface area (Å²) < 4.78 is 0. The van der Waals surface area contributed by atoms with Crippen LogP contribution in [-0.2, 0) is 0 Å². The van der Waals surface area contributed by atoms with Crippen LogP contribution in [0.3, 0.4) is 0 Å². The summed E-state index contributed by atoms with van der Waals surface area (Å²) in [4.78, 5) is 24.0.